The molecule has 0 atom stereocenters. The van der Waals surface area contributed by atoms with Gasteiger partial charge in [0.15, 0.2) is 0 Å². The number of nitrogens with zero attached hydrogens (tertiary/aromatic N) is 3. The number of rotatable bonds is 7. The third-order valence-corrected chi connectivity index (χ3v) is 2.32. The minimum atomic E-state index is -2.06. The molecule has 116 valence electrons. The molecule has 0 aromatic heterocycles. The van der Waals surface area contributed by atoms with E-state index >= 15 is 0 Å². The first kappa shape index (κ1) is 16.3. The highest BCUT2D eigenvalue weighted by Gasteiger charge is 2.43. The summed E-state index contributed by atoms with van der Waals surface area (Å²) < 4.78 is 14.0. The molecule has 1 rings (SSSR count). The summed E-state index contributed by atoms with van der Waals surface area (Å²) in [7, 11) is 0. The van der Waals surface area contributed by atoms with Gasteiger partial charge >= 0.3 is 17.1 Å². The van der Waals surface area contributed by atoms with Gasteiger partial charge < -0.3 is 10.6 Å². The van der Waals surface area contributed by atoms with Gasteiger partial charge in [0, 0.05) is 0 Å². The van der Waals surface area contributed by atoms with Crippen LogP contribution in [0.4, 0.5) is 32.8 Å². The highest BCUT2D eigenvalue weighted by Crippen LogP contribution is 2.48. The molecule has 0 heterocycles. The third-order valence-electron chi connectivity index (χ3n) is 2.32. The largest absolute Gasteiger partial charge is 0.342 e. The first-order valence-electron chi connectivity index (χ1n) is 5.00. The molecule has 22 heavy (non-hydrogen) atoms. The number of halogens is 1. The van der Waals surface area contributed by atoms with E-state index in [1.807, 2.05) is 0 Å². The number of hydrogen-bond acceptors (Lipinski definition) is 8. The van der Waals surface area contributed by atoms with Crippen LogP contribution in [0.3, 0.4) is 0 Å². The van der Waals surface area contributed by atoms with Crippen molar-refractivity contribution in [2.45, 2.75) is 0 Å². The van der Waals surface area contributed by atoms with Crippen LogP contribution in [0.25, 0.3) is 0 Å². The second-order valence-corrected chi connectivity index (χ2v) is 3.41. The van der Waals surface area contributed by atoms with E-state index in [-0.39, 0.29) is 12.8 Å². The van der Waals surface area contributed by atoms with Crippen LogP contribution in [0, 0.1) is 36.2 Å². The summed E-state index contributed by atoms with van der Waals surface area (Å²) in [6, 6.07) is 0. The molecular weight excluding hydrogens is 313 g/mol. The molecule has 0 aliphatic heterocycles. The van der Waals surface area contributed by atoms with Crippen molar-refractivity contribution in [2.24, 2.45) is 0 Å². The number of benzene rings is 1. The molecule has 0 unspecified atom stereocenters. The summed E-state index contributed by atoms with van der Waals surface area (Å²) in [6.45, 7) is 0. The van der Waals surface area contributed by atoms with Gasteiger partial charge in [-0.1, -0.05) is 0 Å². The highest BCUT2D eigenvalue weighted by molar-refractivity contribution is 5.98. The molecule has 1 aromatic rings. The van der Waals surface area contributed by atoms with Gasteiger partial charge in [-0.05, 0) is 0 Å². The zero-order chi connectivity index (χ0) is 17.0. The summed E-state index contributed by atoms with van der Waals surface area (Å²) in [5, 5.41) is 35.7. The summed E-state index contributed by atoms with van der Waals surface area (Å²) in [6.07, 6.45) is -0.462. The molecular formula is C8H4FN5O8. The topological polar surface area (TPSA) is 188 Å². The van der Waals surface area contributed by atoms with Gasteiger partial charge in [0.1, 0.15) is 0 Å². The predicted octanol–water partition coefficient (Wildman–Crippen LogP) is 0.687. The van der Waals surface area contributed by atoms with E-state index in [1.54, 1.807) is 0 Å². The zero-order valence-electron chi connectivity index (χ0n) is 10.1. The number of hydrogen-bond donors (Lipinski definition) is 2. The Balaban J connectivity index is 4.09. The number of amides is 2. The van der Waals surface area contributed by atoms with Crippen molar-refractivity contribution >= 4 is 41.3 Å². The molecule has 14 heteroatoms. The van der Waals surface area contributed by atoms with Gasteiger partial charge in [0.2, 0.25) is 24.2 Å². The first-order chi connectivity index (χ1) is 10.3. The Morgan fingerprint density at radius 3 is 1.32 bits per heavy atom. The van der Waals surface area contributed by atoms with Crippen LogP contribution in [-0.2, 0) is 9.59 Å². The van der Waals surface area contributed by atoms with Crippen molar-refractivity contribution in [3.05, 3.63) is 36.2 Å². The molecule has 0 radical (unpaired) electrons. The van der Waals surface area contributed by atoms with Crippen molar-refractivity contribution < 1.29 is 28.7 Å². The van der Waals surface area contributed by atoms with Crippen molar-refractivity contribution in [3.63, 3.8) is 0 Å². The standard InChI is InChI=1S/C8H4FN5O8/c9-3-6(12(17)18)4(10-1-15)8(14(21)22)5(11-2-16)7(3)13(19)20/h1-2H,(H,10,15)(H,11,16). The van der Waals surface area contributed by atoms with E-state index in [2.05, 4.69) is 0 Å². The van der Waals surface area contributed by atoms with E-state index in [1.165, 1.54) is 10.6 Å². The quantitative estimate of drug-likeness (QED) is 0.417. The molecule has 0 saturated carbocycles. The average Bonchev–Trinajstić information content (AvgIpc) is 2.37. The van der Waals surface area contributed by atoms with Crippen molar-refractivity contribution in [3.8, 4) is 0 Å². The van der Waals surface area contributed by atoms with Crippen LogP contribution >= 0.6 is 0 Å². The molecule has 0 saturated heterocycles. The van der Waals surface area contributed by atoms with Crippen LogP contribution in [-0.4, -0.2) is 27.6 Å². The minimum absolute atomic E-state index is 0.231. The Morgan fingerprint density at radius 2 is 1.09 bits per heavy atom. The van der Waals surface area contributed by atoms with E-state index < -0.39 is 49.0 Å². The maximum atomic E-state index is 14.0. The highest BCUT2D eigenvalue weighted by atomic mass is 19.1. The van der Waals surface area contributed by atoms with Gasteiger partial charge in [-0.3, -0.25) is 39.9 Å². The minimum Gasteiger partial charge on any atom is -0.317 e. The van der Waals surface area contributed by atoms with Crippen LogP contribution < -0.4 is 10.6 Å². The lowest BCUT2D eigenvalue weighted by molar-refractivity contribution is -0.404. The average molecular weight is 317 g/mol. The lowest BCUT2D eigenvalue weighted by Crippen LogP contribution is -2.12. The smallest absolute Gasteiger partial charge is 0.317 e. The van der Waals surface area contributed by atoms with Crippen LogP contribution in [0.2, 0.25) is 0 Å². The Morgan fingerprint density at radius 1 is 0.773 bits per heavy atom. The van der Waals surface area contributed by atoms with E-state index in [0.717, 1.165) is 0 Å². The van der Waals surface area contributed by atoms with Crippen LogP contribution in [0.1, 0.15) is 0 Å². The van der Waals surface area contributed by atoms with Gasteiger partial charge in [-0.15, -0.1) is 0 Å². The summed E-state index contributed by atoms with van der Waals surface area (Å²) in [4.78, 5) is 49.1. The summed E-state index contributed by atoms with van der Waals surface area (Å²) in [5.74, 6) is -2.06. The molecule has 2 amide bonds. The van der Waals surface area contributed by atoms with Crippen LogP contribution in [0.15, 0.2) is 0 Å². The Kier molecular flexibility index (Phi) is 4.58. The zero-order valence-corrected chi connectivity index (χ0v) is 10.1. The second-order valence-electron chi connectivity index (χ2n) is 3.41. The fourth-order valence-electron chi connectivity index (χ4n) is 1.60. The molecule has 0 aliphatic rings. The number of carbonyl (C=O) groups excluding carboxylic acids is 2. The number of nitrogens with one attached hydrogen (secondary N) is 2. The monoisotopic (exact) mass is 317 g/mol. The van der Waals surface area contributed by atoms with Crippen molar-refractivity contribution in [1.82, 2.24) is 0 Å². The predicted molar refractivity (Wildman–Crippen MR) is 65.7 cm³/mol. The molecule has 1 aromatic carbocycles. The molecule has 0 fully saturated rings. The normalized spacial score (nSPS) is 9.68. The fourth-order valence-corrected chi connectivity index (χ4v) is 1.60. The fraction of sp³-hybridized carbons (Fsp3) is 0. The summed E-state index contributed by atoms with van der Waals surface area (Å²) >= 11 is 0. The molecule has 0 aliphatic carbocycles. The lowest BCUT2D eigenvalue weighted by atomic mass is 10.1. The SMILES string of the molecule is O=CNc1c([N+](=O)[O-])c(F)c([N+](=O)[O-])c(NC=O)c1[N+](=O)[O-]. The van der Waals surface area contributed by atoms with Gasteiger partial charge in [0.25, 0.3) is 5.82 Å². The molecule has 0 bridgehead atoms. The van der Waals surface area contributed by atoms with Crippen molar-refractivity contribution in [1.29, 1.82) is 0 Å². The van der Waals surface area contributed by atoms with E-state index in [4.69, 9.17) is 0 Å². The van der Waals surface area contributed by atoms with Crippen LogP contribution in [0.5, 0.6) is 0 Å². The van der Waals surface area contributed by atoms with Gasteiger partial charge in [-0.2, -0.15) is 4.39 Å². The number of carbonyl (C=O) groups is 2. The summed E-state index contributed by atoms with van der Waals surface area (Å²) in [5.41, 5.74) is -7.24. The lowest BCUT2D eigenvalue weighted by Gasteiger charge is -2.08. The Labute approximate surface area is 118 Å². The number of nitro groups is 3. The molecule has 0 spiro atoms. The van der Waals surface area contributed by atoms with E-state index in [9.17, 15) is 44.3 Å². The van der Waals surface area contributed by atoms with Gasteiger partial charge in [0.05, 0.1) is 14.8 Å². The maximum absolute atomic E-state index is 14.0. The van der Waals surface area contributed by atoms with Crippen molar-refractivity contribution in [2.75, 3.05) is 10.6 Å². The molecule has 2 N–H and O–H groups in total. The first-order valence-corrected chi connectivity index (χ1v) is 5.00. The second kappa shape index (κ2) is 6.16. The van der Waals surface area contributed by atoms with E-state index in [0.29, 0.717) is 0 Å². The maximum Gasteiger partial charge on any atom is 0.342 e. The Bertz CT molecular complexity index is 655. The third kappa shape index (κ3) is 2.60. The number of nitro benzene ring substituents is 3. The van der Waals surface area contributed by atoms with Gasteiger partial charge in [-0.25, -0.2) is 0 Å². The Hall–Kier alpha value is -3.71. The number of anilines is 2. The molecule has 13 nitrogen and oxygen atoms in total.